The van der Waals surface area contributed by atoms with Crippen molar-refractivity contribution in [1.82, 2.24) is 9.78 Å². The fourth-order valence-electron chi connectivity index (χ4n) is 2.22. The molecule has 1 N–H and O–H groups in total. The number of aryl methyl sites for hydroxylation is 1. The number of nitro groups is 1. The van der Waals surface area contributed by atoms with E-state index in [4.69, 9.17) is 5.11 Å². The summed E-state index contributed by atoms with van der Waals surface area (Å²) in [5, 5.41) is 24.7. The normalized spacial score (nSPS) is 12.5. The van der Waals surface area contributed by atoms with Gasteiger partial charge in [-0.1, -0.05) is 20.8 Å². The third kappa shape index (κ3) is 3.50. The zero-order valence-corrected chi connectivity index (χ0v) is 13.0. The minimum Gasteiger partial charge on any atom is -0.480 e. The third-order valence-electron chi connectivity index (χ3n) is 3.45. The first-order valence-corrected chi connectivity index (χ1v) is 6.90. The third-order valence-corrected chi connectivity index (χ3v) is 3.45. The summed E-state index contributed by atoms with van der Waals surface area (Å²) in [5.41, 5.74) is 0.269. The van der Waals surface area contributed by atoms with Crippen molar-refractivity contribution in [3.63, 3.8) is 0 Å². The Bertz CT molecular complexity index is 539. The maximum atomic E-state index is 11.4. The molecule has 1 aromatic rings. The number of anilines is 1. The topological polar surface area (TPSA) is 102 Å². The fourth-order valence-corrected chi connectivity index (χ4v) is 2.22. The molecule has 21 heavy (non-hydrogen) atoms. The molecule has 8 heteroatoms. The summed E-state index contributed by atoms with van der Waals surface area (Å²) in [6.45, 7) is 7.10. The van der Waals surface area contributed by atoms with Crippen LogP contribution >= 0.6 is 0 Å². The van der Waals surface area contributed by atoms with Crippen molar-refractivity contribution in [3.05, 3.63) is 15.8 Å². The maximum absolute atomic E-state index is 11.4. The van der Waals surface area contributed by atoms with E-state index in [2.05, 4.69) is 5.10 Å². The van der Waals surface area contributed by atoms with E-state index in [1.807, 2.05) is 27.7 Å². The Morgan fingerprint density at radius 2 is 2.05 bits per heavy atom. The summed E-state index contributed by atoms with van der Waals surface area (Å²) < 4.78 is 1.41. The van der Waals surface area contributed by atoms with Crippen LogP contribution in [0, 0.1) is 10.1 Å². The number of aromatic nitrogens is 2. The van der Waals surface area contributed by atoms with Crippen molar-refractivity contribution >= 4 is 17.5 Å². The van der Waals surface area contributed by atoms with Crippen molar-refractivity contribution < 1.29 is 14.8 Å². The van der Waals surface area contributed by atoms with Crippen molar-refractivity contribution in [1.29, 1.82) is 0 Å². The van der Waals surface area contributed by atoms with Gasteiger partial charge in [-0.2, -0.15) is 5.10 Å². The van der Waals surface area contributed by atoms with Crippen LogP contribution in [0.25, 0.3) is 0 Å². The molecular weight excluding hydrogens is 276 g/mol. The van der Waals surface area contributed by atoms with Gasteiger partial charge in [-0.25, -0.2) is 4.68 Å². The van der Waals surface area contributed by atoms with Gasteiger partial charge in [-0.3, -0.25) is 14.9 Å². The summed E-state index contributed by atoms with van der Waals surface area (Å²) in [6, 6.07) is -0.143. The highest BCUT2D eigenvalue weighted by Gasteiger charge is 2.34. The summed E-state index contributed by atoms with van der Waals surface area (Å²) in [6.07, 6.45) is 0.673. The van der Waals surface area contributed by atoms with E-state index in [-0.39, 0.29) is 30.0 Å². The largest absolute Gasteiger partial charge is 0.480 e. The number of aliphatic carboxylic acids is 1. The van der Waals surface area contributed by atoms with Crippen LogP contribution < -0.4 is 4.90 Å². The summed E-state index contributed by atoms with van der Waals surface area (Å²) in [4.78, 5) is 23.6. The summed E-state index contributed by atoms with van der Waals surface area (Å²) >= 11 is 0. The first-order valence-electron chi connectivity index (χ1n) is 6.90. The van der Waals surface area contributed by atoms with Gasteiger partial charge in [0.25, 0.3) is 0 Å². The minimum absolute atomic E-state index is 0.103. The number of carboxylic acid groups (broad SMARTS) is 1. The molecule has 0 aliphatic carbocycles. The first-order chi connectivity index (χ1) is 9.70. The molecule has 0 fully saturated rings. The molecule has 0 aromatic carbocycles. The summed E-state index contributed by atoms with van der Waals surface area (Å²) in [5.74, 6) is -0.897. The zero-order valence-electron chi connectivity index (χ0n) is 13.0. The van der Waals surface area contributed by atoms with E-state index in [1.165, 1.54) is 9.58 Å². The maximum Gasteiger partial charge on any atom is 0.334 e. The van der Waals surface area contributed by atoms with Gasteiger partial charge in [0.05, 0.1) is 4.92 Å². The van der Waals surface area contributed by atoms with Gasteiger partial charge in [-0.15, -0.1) is 0 Å². The molecule has 0 saturated heterocycles. The quantitative estimate of drug-likeness (QED) is 0.611. The molecule has 0 saturated carbocycles. The Kier molecular flexibility index (Phi) is 5.28. The van der Waals surface area contributed by atoms with Gasteiger partial charge in [0.15, 0.2) is 0 Å². The molecule has 118 valence electrons. The Balaban J connectivity index is 3.49. The molecule has 0 radical (unpaired) electrons. The van der Waals surface area contributed by atoms with E-state index in [1.54, 1.807) is 7.05 Å². The Labute approximate surface area is 123 Å². The lowest BCUT2D eigenvalue weighted by atomic mass is 10.1. The van der Waals surface area contributed by atoms with Crippen molar-refractivity contribution in [2.24, 2.45) is 7.05 Å². The van der Waals surface area contributed by atoms with Gasteiger partial charge < -0.3 is 10.0 Å². The van der Waals surface area contributed by atoms with Crippen LogP contribution in [0.1, 0.15) is 45.7 Å². The molecule has 0 spiro atoms. The average molecular weight is 298 g/mol. The standard InChI is InChI=1S/C13H22N4O4/c1-6-9(4)16(7-10(18)19)13-12(17(20)21)11(8(2)3)14-15(13)5/h8-9H,6-7H2,1-5H3,(H,18,19). The Morgan fingerprint density at radius 3 is 2.43 bits per heavy atom. The number of carbonyl (C=O) groups is 1. The van der Waals surface area contributed by atoms with Crippen LogP contribution in [0.5, 0.6) is 0 Å². The van der Waals surface area contributed by atoms with E-state index in [9.17, 15) is 14.9 Å². The van der Waals surface area contributed by atoms with E-state index in [0.29, 0.717) is 12.1 Å². The number of hydrogen-bond acceptors (Lipinski definition) is 5. The highest BCUT2D eigenvalue weighted by Crippen LogP contribution is 2.36. The van der Waals surface area contributed by atoms with Crippen LogP contribution in [-0.4, -0.2) is 38.4 Å². The van der Waals surface area contributed by atoms with Crippen LogP contribution in [0.4, 0.5) is 11.5 Å². The monoisotopic (exact) mass is 298 g/mol. The van der Waals surface area contributed by atoms with Crippen molar-refractivity contribution in [2.45, 2.75) is 46.1 Å². The molecule has 0 bridgehead atoms. The van der Waals surface area contributed by atoms with Crippen LogP contribution in [0.3, 0.4) is 0 Å². The van der Waals surface area contributed by atoms with Crippen LogP contribution in [0.2, 0.25) is 0 Å². The second-order valence-electron chi connectivity index (χ2n) is 5.37. The van der Waals surface area contributed by atoms with Gasteiger partial charge in [0.2, 0.25) is 5.82 Å². The number of hydrogen-bond donors (Lipinski definition) is 1. The molecule has 0 amide bonds. The first kappa shape index (κ1) is 16.9. The number of nitrogens with zero attached hydrogens (tertiary/aromatic N) is 4. The molecule has 1 heterocycles. The van der Waals surface area contributed by atoms with Gasteiger partial charge in [0, 0.05) is 19.0 Å². The SMILES string of the molecule is CCC(C)N(CC(=O)O)c1c([N+](=O)[O-])c(C(C)C)nn1C. The summed E-state index contributed by atoms with van der Waals surface area (Å²) in [7, 11) is 1.60. The molecule has 0 aliphatic heterocycles. The van der Waals surface area contributed by atoms with E-state index >= 15 is 0 Å². The second-order valence-corrected chi connectivity index (χ2v) is 5.37. The minimum atomic E-state index is -1.03. The van der Waals surface area contributed by atoms with E-state index in [0.717, 1.165) is 0 Å². The van der Waals surface area contributed by atoms with Gasteiger partial charge >= 0.3 is 11.7 Å². The molecule has 8 nitrogen and oxygen atoms in total. The van der Waals surface area contributed by atoms with Crippen LogP contribution in [-0.2, 0) is 11.8 Å². The van der Waals surface area contributed by atoms with Crippen molar-refractivity contribution in [2.75, 3.05) is 11.4 Å². The predicted molar refractivity (Wildman–Crippen MR) is 78.7 cm³/mol. The zero-order chi connectivity index (χ0) is 16.3. The smallest absolute Gasteiger partial charge is 0.334 e. The van der Waals surface area contributed by atoms with E-state index < -0.39 is 10.9 Å². The molecule has 1 atom stereocenters. The van der Waals surface area contributed by atoms with Gasteiger partial charge in [-0.05, 0) is 13.3 Å². The lowest BCUT2D eigenvalue weighted by Gasteiger charge is -2.27. The highest BCUT2D eigenvalue weighted by molar-refractivity contribution is 5.76. The fraction of sp³-hybridized carbons (Fsp3) is 0.692. The lowest BCUT2D eigenvalue weighted by molar-refractivity contribution is -0.385. The molecule has 1 rings (SSSR count). The number of carboxylic acids is 1. The Hall–Kier alpha value is -2.12. The highest BCUT2D eigenvalue weighted by atomic mass is 16.6. The molecule has 0 aliphatic rings. The molecule has 1 aromatic heterocycles. The second kappa shape index (κ2) is 6.55. The predicted octanol–water partition coefficient (Wildman–Crippen LogP) is 2.14. The van der Waals surface area contributed by atoms with Crippen molar-refractivity contribution in [3.8, 4) is 0 Å². The number of rotatable bonds is 7. The Morgan fingerprint density at radius 1 is 1.48 bits per heavy atom. The molecule has 1 unspecified atom stereocenters. The molecular formula is C13H22N4O4. The average Bonchev–Trinajstić information content (AvgIpc) is 2.72. The van der Waals surface area contributed by atoms with Gasteiger partial charge in [0.1, 0.15) is 12.2 Å². The van der Waals surface area contributed by atoms with Crippen LogP contribution in [0.15, 0.2) is 0 Å². The lowest BCUT2D eigenvalue weighted by Crippen LogP contribution is -2.38.